The van der Waals surface area contributed by atoms with E-state index in [1.807, 2.05) is 36.5 Å². The van der Waals surface area contributed by atoms with Crippen LogP contribution in [0.5, 0.6) is 0 Å². The number of fused-ring (bicyclic) bond motifs is 1. The smallest absolute Gasteiger partial charge is 0.315 e. The molecule has 1 aliphatic carbocycles. The van der Waals surface area contributed by atoms with Crippen LogP contribution in [0.1, 0.15) is 44.9 Å². The maximum atomic E-state index is 13.0. The van der Waals surface area contributed by atoms with Crippen LogP contribution in [0.15, 0.2) is 47.5 Å². The predicted molar refractivity (Wildman–Crippen MR) is 126 cm³/mol. The van der Waals surface area contributed by atoms with Gasteiger partial charge in [-0.3, -0.25) is 9.69 Å². The Morgan fingerprint density at radius 3 is 2.39 bits per heavy atom. The number of piperidine rings is 1. The Kier molecular flexibility index (Phi) is 6.39. The second kappa shape index (κ2) is 9.74. The van der Waals surface area contributed by atoms with Crippen molar-refractivity contribution >= 4 is 16.9 Å². The summed E-state index contributed by atoms with van der Waals surface area (Å²) in [6, 6.07) is 10.2. The second-order valence-corrected chi connectivity index (χ2v) is 9.15. The number of benzene rings is 1. The molecule has 2 fully saturated rings. The summed E-state index contributed by atoms with van der Waals surface area (Å²) in [6.45, 7) is 2.03. The molecule has 2 N–H and O–H groups in total. The number of para-hydroxylation sites is 1. The van der Waals surface area contributed by atoms with Crippen molar-refractivity contribution in [2.24, 2.45) is 0 Å². The molecule has 33 heavy (non-hydrogen) atoms. The van der Waals surface area contributed by atoms with Crippen LogP contribution in [0, 0.1) is 0 Å². The van der Waals surface area contributed by atoms with Crippen molar-refractivity contribution in [3.05, 3.63) is 53.1 Å². The molecule has 2 amide bonds. The van der Waals surface area contributed by atoms with E-state index in [1.165, 1.54) is 23.9 Å². The van der Waals surface area contributed by atoms with E-state index in [-0.39, 0.29) is 17.6 Å². The fourth-order valence-electron chi connectivity index (χ4n) is 4.84. The van der Waals surface area contributed by atoms with Gasteiger partial charge in [0.2, 0.25) is 0 Å². The average Bonchev–Trinajstić information content (AvgIpc) is 3.29. The number of hydrogen-bond donors (Lipinski definition) is 2. The number of urea groups is 1. The summed E-state index contributed by atoms with van der Waals surface area (Å²) in [5.41, 5.74) is 1.14. The van der Waals surface area contributed by atoms with E-state index < -0.39 is 0 Å². The van der Waals surface area contributed by atoms with Crippen LogP contribution < -0.4 is 16.2 Å². The zero-order valence-corrected chi connectivity index (χ0v) is 18.8. The first kappa shape index (κ1) is 21.6. The Balaban J connectivity index is 1.17. The highest BCUT2D eigenvalue weighted by Gasteiger charge is 2.23. The number of nitrogens with one attached hydrogen (secondary N) is 2. The van der Waals surface area contributed by atoms with Gasteiger partial charge in [-0.1, -0.05) is 37.5 Å². The van der Waals surface area contributed by atoms with E-state index in [1.54, 1.807) is 10.9 Å². The molecule has 0 radical (unpaired) electrons. The number of likely N-dealkylation sites (tertiary alicyclic amines) is 1. The summed E-state index contributed by atoms with van der Waals surface area (Å²) in [7, 11) is 0. The van der Waals surface area contributed by atoms with Crippen LogP contribution in [0.3, 0.4) is 0 Å². The number of carbonyl (C=O) groups excluding carboxylic acids is 1. The Bertz CT molecular complexity index is 1140. The van der Waals surface area contributed by atoms with Crippen LogP contribution in [-0.4, -0.2) is 55.7 Å². The quantitative estimate of drug-likeness (QED) is 0.624. The van der Waals surface area contributed by atoms with Crippen molar-refractivity contribution < 1.29 is 4.79 Å². The predicted octanol–water partition coefficient (Wildman–Crippen LogP) is 2.64. The van der Waals surface area contributed by atoms with Crippen molar-refractivity contribution in [3.8, 4) is 5.69 Å². The second-order valence-electron chi connectivity index (χ2n) is 9.15. The molecule has 1 aromatic carbocycles. The van der Waals surface area contributed by atoms with Crippen LogP contribution in [0.2, 0.25) is 0 Å². The molecule has 9 nitrogen and oxygen atoms in total. The molecule has 1 saturated heterocycles. The lowest BCUT2D eigenvalue weighted by Gasteiger charge is -2.32. The van der Waals surface area contributed by atoms with Gasteiger partial charge in [0.05, 0.1) is 18.6 Å². The summed E-state index contributed by atoms with van der Waals surface area (Å²) in [5.74, 6) is 0. The fraction of sp³-hybridized carbons (Fsp3) is 0.500. The van der Waals surface area contributed by atoms with E-state index in [0.717, 1.165) is 49.8 Å². The average molecular weight is 450 g/mol. The first-order valence-corrected chi connectivity index (χ1v) is 12.0. The molecule has 1 saturated carbocycles. The molecule has 5 rings (SSSR count). The minimum Gasteiger partial charge on any atom is -0.335 e. The van der Waals surface area contributed by atoms with Gasteiger partial charge in [-0.05, 0) is 37.8 Å². The molecule has 1 aliphatic heterocycles. The molecule has 174 valence electrons. The van der Waals surface area contributed by atoms with Crippen LogP contribution >= 0.6 is 0 Å². The van der Waals surface area contributed by atoms with Gasteiger partial charge < -0.3 is 10.6 Å². The normalized spacial score (nSPS) is 18.4. The molecule has 3 heterocycles. The Morgan fingerprint density at radius 1 is 0.970 bits per heavy atom. The number of amides is 2. The summed E-state index contributed by atoms with van der Waals surface area (Å²) >= 11 is 0. The summed E-state index contributed by atoms with van der Waals surface area (Å²) in [4.78, 5) is 27.5. The van der Waals surface area contributed by atoms with E-state index in [0.29, 0.717) is 18.2 Å². The first-order chi connectivity index (χ1) is 16.2. The lowest BCUT2D eigenvalue weighted by Crippen LogP contribution is -2.50. The third-order valence-electron chi connectivity index (χ3n) is 6.73. The van der Waals surface area contributed by atoms with Gasteiger partial charge >= 0.3 is 6.03 Å². The van der Waals surface area contributed by atoms with Gasteiger partial charge in [0.1, 0.15) is 0 Å². The number of rotatable bonds is 5. The number of hydrogen-bond acceptors (Lipinski definition) is 5. The molecule has 0 spiro atoms. The van der Waals surface area contributed by atoms with Gasteiger partial charge in [-0.15, -0.1) is 0 Å². The molecular weight excluding hydrogens is 418 g/mol. The van der Waals surface area contributed by atoms with Crippen molar-refractivity contribution in [2.75, 3.05) is 13.1 Å². The van der Waals surface area contributed by atoms with Crippen LogP contribution in [-0.2, 0) is 6.67 Å². The molecule has 0 bridgehead atoms. The van der Waals surface area contributed by atoms with E-state index in [2.05, 4.69) is 25.7 Å². The molecule has 3 aromatic rings. The third kappa shape index (κ3) is 5.08. The zero-order chi connectivity index (χ0) is 22.6. The Morgan fingerprint density at radius 2 is 1.67 bits per heavy atom. The number of carbonyl (C=O) groups is 1. The summed E-state index contributed by atoms with van der Waals surface area (Å²) in [6.07, 6.45) is 11.1. The van der Waals surface area contributed by atoms with E-state index >= 15 is 0 Å². The SMILES string of the molecule is O=C(NC1CCCCC1)NC1CCN(Cn2ncc3cn(-c4ccccc4)nc3c2=O)CC1. The molecule has 2 aromatic heterocycles. The standard InChI is InChI=1S/C24H31N7O2/c32-23-22-18(16-30(28-22)21-9-5-2-6-10-21)15-25-31(23)17-29-13-11-20(12-14-29)27-24(33)26-19-7-3-1-4-8-19/h2,5-6,9-10,15-16,19-20H,1,3-4,7-8,11-14,17H2,(H2,26,27,33). The van der Waals surface area contributed by atoms with Crippen LogP contribution in [0.4, 0.5) is 4.79 Å². The monoisotopic (exact) mass is 449 g/mol. The van der Waals surface area contributed by atoms with Crippen molar-refractivity contribution in [1.29, 1.82) is 0 Å². The van der Waals surface area contributed by atoms with Crippen molar-refractivity contribution in [2.45, 2.75) is 63.7 Å². The maximum Gasteiger partial charge on any atom is 0.315 e. The van der Waals surface area contributed by atoms with Gasteiger partial charge in [-0.2, -0.15) is 10.2 Å². The highest BCUT2D eigenvalue weighted by atomic mass is 16.2. The molecule has 2 aliphatic rings. The topological polar surface area (TPSA) is 97.1 Å². The minimum atomic E-state index is -0.186. The Hall–Kier alpha value is -3.20. The first-order valence-electron chi connectivity index (χ1n) is 12.0. The van der Waals surface area contributed by atoms with Crippen LogP contribution in [0.25, 0.3) is 16.6 Å². The molecule has 0 unspecified atom stereocenters. The van der Waals surface area contributed by atoms with Gasteiger partial charge in [0, 0.05) is 36.8 Å². The highest BCUT2D eigenvalue weighted by Crippen LogP contribution is 2.18. The maximum absolute atomic E-state index is 13.0. The molecular formula is C24H31N7O2. The molecule has 0 atom stereocenters. The largest absolute Gasteiger partial charge is 0.335 e. The van der Waals surface area contributed by atoms with Crippen molar-refractivity contribution in [1.82, 2.24) is 35.1 Å². The zero-order valence-electron chi connectivity index (χ0n) is 18.8. The Labute approximate surface area is 192 Å². The summed E-state index contributed by atoms with van der Waals surface area (Å²) < 4.78 is 3.20. The van der Waals surface area contributed by atoms with Crippen molar-refractivity contribution in [3.63, 3.8) is 0 Å². The lowest BCUT2D eigenvalue weighted by molar-refractivity contribution is 0.149. The van der Waals surface area contributed by atoms with Gasteiger partial charge in [-0.25, -0.2) is 14.2 Å². The fourth-order valence-corrected chi connectivity index (χ4v) is 4.84. The highest BCUT2D eigenvalue weighted by molar-refractivity contribution is 5.76. The van der Waals surface area contributed by atoms with Gasteiger partial charge in [0.25, 0.3) is 5.56 Å². The van der Waals surface area contributed by atoms with E-state index in [9.17, 15) is 9.59 Å². The number of aromatic nitrogens is 4. The third-order valence-corrected chi connectivity index (χ3v) is 6.73. The van der Waals surface area contributed by atoms with E-state index in [4.69, 9.17) is 0 Å². The molecule has 9 heteroatoms. The number of nitrogens with zero attached hydrogens (tertiary/aromatic N) is 5. The minimum absolute atomic E-state index is 0.0438. The lowest BCUT2D eigenvalue weighted by atomic mass is 9.96. The summed E-state index contributed by atoms with van der Waals surface area (Å²) in [5, 5.41) is 15.9. The van der Waals surface area contributed by atoms with Gasteiger partial charge in [0.15, 0.2) is 5.52 Å².